The molecule has 0 aromatic heterocycles. The number of halogens is 2. The number of carbonyl (C=O) groups excluding carboxylic acids is 1. The van der Waals surface area contributed by atoms with Crippen molar-refractivity contribution in [2.45, 2.75) is 12.8 Å². The summed E-state index contributed by atoms with van der Waals surface area (Å²) >= 11 is 5.87. The van der Waals surface area contributed by atoms with E-state index in [9.17, 15) is 9.18 Å². The van der Waals surface area contributed by atoms with Gasteiger partial charge in [-0.25, -0.2) is 4.39 Å². The molecule has 2 rings (SSSR count). The van der Waals surface area contributed by atoms with Crippen LogP contribution in [0.4, 0.5) is 4.39 Å². The lowest BCUT2D eigenvalue weighted by Gasteiger charge is -2.17. The van der Waals surface area contributed by atoms with Crippen molar-refractivity contribution in [1.82, 2.24) is 4.90 Å². The van der Waals surface area contributed by atoms with Gasteiger partial charge in [0.05, 0.1) is 6.54 Å². The Morgan fingerprint density at radius 3 is 2.74 bits per heavy atom. The van der Waals surface area contributed by atoms with Crippen molar-refractivity contribution in [3.8, 4) is 5.75 Å². The molecule has 3 nitrogen and oxygen atoms in total. The number of aryl methyl sites for hydroxylation is 1. The number of benzene rings is 2. The Kier molecular flexibility index (Phi) is 6.41. The van der Waals surface area contributed by atoms with Gasteiger partial charge in [-0.1, -0.05) is 35.9 Å². The van der Waals surface area contributed by atoms with Crippen LogP contribution in [0.2, 0.25) is 5.02 Å². The lowest BCUT2D eigenvalue weighted by atomic mass is 10.1. The molecular formula is C18H19ClFNO2. The predicted molar refractivity (Wildman–Crippen MR) is 89.3 cm³/mol. The quantitative estimate of drug-likeness (QED) is 0.766. The maximum atomic E-state index is 13.5. The highest BCUT2D eigenvalue weighted by Gasteiger charge is 2.10. The van der Waals surface area contributed by atoms with E-state index in [-0.39, 0.29) is 18.1 Å². The molecule has 0 aliphatic rings. The van der Waals surface area contributed by atoms with Crippen LogP contribution in [0.5, 0.6) is 5.75 Å². The molecule has 0 heterocycles. The van der Waals surface area contributed by atoms with Gasteiger partial charge in [0.25, 0.3) is 0 Å². The number of ether oxygens (including phenoxy) is 1. The number of hydrogen-bond donors (Lipinski definition) is 0. The second-order valence-electron chi connectivity index (χ2n) is 5.21. The molecule has 0 saturated carbocycles. The van der Waals surface area contributed by atoms with Gasteiger partial charge in [0.15, 0.2) is 0 Å². The van der Waals surface area contributed by atoms with Crippen LogP contribution in [-0.4, -0.2) is 31.0 Å². The van der Waals surface area contributed by atoms with Crippen molar-refractivity contribution in [3.05, 3.63) is 64.9 Å². The highest BCUT2D eigenvalue weighted by Crippen LogP contribution is 2.17. The van der Waals surface area contributed by atoms with E-state index >= 15 is 0 Å². The van der Waals surface area contributed by atoms with Crippen molar-refractivity contribution < 1.29 is 13.9 Å². The van der Waals surface area contributed by atoms with E-state index < -0.39 is 0 Å². The van der Waals surface area contributed by atoms with Crippen LogP contribution in [-0.2, 0) is 11.2 Å². The minimum Gasteiger partial charge on any atom is -0.492 e. The maximum Gasteiger partial charge on any atom is 0.222 e. The Hall–Kier alpha value is -2.07. The first-order valence-electron chi connectivity index (χ1n) is 7.42. The highest BCUT2D eigenvalue weighted by molar-refractivity contribution is 6.30. The van der Waals surface area contributed by atoms with E-state index in [4.69, 9.17) is 16.3 Å². The summed E-state index contributed by atoms with van der Waals surface area (Å²) in [6.07, 6.45) is 0.666. The van der Waals surface area contributed by atoms with Crippen molar-refractivity contribution in [2.24, 2.45) is 0 Å². The zero-order chi connectivity index (χ0) is 16.7. The van der Waals surface area contributed by atoms with Gasteiger partial charge in [-0.15, -0.1) is 0 Å². The summed E-state index contributed by atoms with van der Waals surface area (Å²) in [7, 11) is 1.71. The molecule has 0 atom stereocenters. The van der Waals surface area contributed by atoms with E-state index in [0.29, 0.717) is 35.9 Å². The minimum absolute atomic E-state index is 0.0389. The molecule has 122 valence electrons. The van der Waals surface area contributed by atoms with E-state index in [1.54, 1.807) is 48.3 Å². The molecule has 1 amide bonds. The third kappa shape index (κ3) is 5.57. The molecule has 23 heavy (non-hydrogen) atoms. The summed E-state index contributed by atoms with van der Waals surface area (Å²) in [6.45, 7) is 0.838. The number of rotatable bonds is 7. The zero-order valence-electron chi connectivity index (χ0n) is 13.0. The van der Waals surface area contributed by atoms with E-state index in [1.807, 2.05) is 6.07 Å². The first-order chi connectivity index (χ1) is 11.1. The number of carbonyl (C=O) groups is 1. The molecule has 0 spiro atoms. The van der Waals surface area contributed by atoms with Gasteiger partial charge >= 0.3 is 0 Å². The Balaban J connectivity index is 1.73. The Morgan fingerprint density at radius 1 is 1.22 bits per heavy atom. The summed E-state index contributed by atoms with van der Waals surface area (Å²) in [4.78, 5) is 13.6. The summed E-state index contributed by atoms with van der Waals surface area (Å²) < 4.78 is 19.1. The Labute approximate surface area is 140 Å². The van der Waals surface area contributed by atoms with Crippen LogP contribution in [0.1, 0.15) is 12.0 Å². The summed E-state index contributed by atoms with van der Waals surface area (Å²) in [5.74, 6) is 0.361. The molecule has 5 heteroatoms. The van der Waals surface area contributed by atoms with Crippen LogP contribution < -0.4 is 4.74 Å². The first-order valence-corrected chi connectivity index (χ1v) is 7.80. The van der Waals surface area contributed by atoms with Crippen LogP contribution in [0.15, 0.2) is 48.5 Å². The van der Waals surface area contributed by atoms with Gasteiger partial charge in [0, 0.05) is 18.5 Å². The molecule has 0 unspecified atom stereocenters. The molecule has 0 aliphatic heterocycles. The van der Waals surface area contributed by atoms with Gasteiger partial charge < -0.3 is 9.64 Å². The van der Waals surface area contributed by atoms with Crippen molar-refractivity contribution >= 4 is 17.5 Å². The van der Waals surface area contributed by atoms with Gasteiger partial charge in [0.1, 0.15) is 18.2 Å². The molecule has 0 aliphatic carbocycles. The fourth-order valence-corrected chi connectivity index (χ4v) is 2.30. The topological polar surface area (TPSA) is 29.5 Å². The van der Waals surface area contributed by atoms with E-state index in [1.165, 1.54) is 6.07 Å². The lowest BCUT2D eigenvalue weighted by Crippen LogP contribution is -2.31. The zero-order valence-corrected chi connectivity index (χ0v) is 13.7. The third-order valence-electron chi connectivity index (χ3n) is 3.48. The highest BCUT2D eigenvalue weighted by atomic mass is 35.5. The SMILES string of the molecule is CN(CCOc1cccc(Cl)c1)C(=O)CCc1ccccc1F. The van der Waals surface area contributed by atoms with Gasteiger partial charge in [-0.05, 0) is 36.2 Å². The maximum absolute atomic E-state index is 13.5. The molecule has 2 aromatic carbocycles. The molecule has 0 saturated heterocycles. The smallest absolute Gasteiger partial charge is 0.222 e. The second-order valence-corrected chi connectivity index (χ2v) is 5.65. The molecule has 0 fully saturated rings. The van der Waals surface area contributed by atoms with Crippen molar-refractivity contribution in [1.29, 1.82) is 0 Å². The number of hydrogen-bond acceptors (Lipinski definition) is 2. The summed E-state index contributed by atoms with van der Waals surface area (Å²) in [5.41, 5.74) is 0.560. The van der Waals surface area contributed by atoms with Crippen LogP contribution in [0.3, 0.4) is 0 Å². The monoisotopic (exact) mass is 335 g/mol. The molecule has 2 aromatic rings. The summed E-state index contributed by atoms with van der Waals surface area (Å²) in [6, 6.07) is 13.6. The molecule has 0 bridgehead atoms. The standard InChI is InChI=1S/C18H19ClFNO2/c1-21(11-12-23-16-7-4-6-15(19)13-16)18(22)10-9-14-5-2-3-8-17(14)20/h2-8,13H,9-12H2,1H3. The number of likely N-dealkylation sites (N-methyl/N-ethyl adjacent to an activating group) is 1. The van der Waals surface area contributed by atoms with E-state index in [2.05, 4.69) is 0 Å². The number of amides is 1. The largest absolute Gasteiger partial charge is 0.492 e. The van der Waals surface area contributed by atoms with Crippen molar-refractivity contribution in [3.63, 3.8) is 0 Å². The van der Waals surface area contributed by atoms with Crippen LogP contribution in [0.25, 0.3) is 0 Å². The Morgan fingerprint density at radius 2 is 2.00 bits per heavy atom. The fourth-order valence-electron chi connectivity index (χ4n) is 2.12. The van der Waals surface area contributed by atoms with Crippen molar-refractivity contribution in [2.75, 3.05) is 20.2 Å². The number of nitrogens with zero attached hydrogens (tertiary/aromatic N) is 1. The third-order valence-corrected chi connectivity index (χ3v) is 3.72. The van der Waals surface area contributed by atoms with Gasteiger partial charge in [-0.3, -0.25) is 4.79 Å². The van der Waals surface area contributed by atoms with Gasteiger partial charge in [0.2, 0.25) is 5.91 Å². The summed E-state index contributed by atoms with van der Waals surface area (Å²) in [5, 5.41) is 0.608. The minimum atomic E-state index is -0.271. The first kappa shape index (κ1) is 17.3. The van der Waals surface area contributed by atoms with Gasteiger partial charge in [-0.2, -0.15) is 0 Å². The molecule has 0 radical (unpaired) electrons. The lowest BCUT2D eigenvalue weighted by molar-refractivity contribution is -0.130. The molecule has 0 N–H and O–H groups in total. The normalized spacial score (nSPS) is 10.4. The average molecular weight is 336 g/mol. The average Bonchev–Trinajstić information content (AvgIpc) is 2.54. The predicted octanol–water partition coefficient (Wildman–Crippen LogP) is 3.95. The fraction of sp³-hybridized carbons (Fsp3) is 0.278. The Bertz CT molecular complexity index is 663. The molecular weight excluding hydrogens is 317 g/mol. The second kappa shape index (κ2) is 8.53. The van der Waals surface area contributed by atoms with Crippen LogP contribution in [0, 0.1) is 5.82 Å². The van der Waals surface area contributed by atoms with Crippen LogP contribution >= 0.6 is 11.6 Å². The van der Waals surface area contributed by atoms with E-state index in [0.717, 1.165) is 0 Å².